The summed E-state index contributed by atoms with van der Waals surface area (Å²) in [6.45, 7) is 2.07. The molecule has 1 aliphatic rings. The molecule has 0 fully saturated rings. The topological polar surface area (TPSA) is 50.4 Å². The van der Waals surface area contributed by atoms with Gasteiger partial charge in [-0.3, -0.25) is 4.79 Å². The van der Waals surface area contributed by atoms with Crippen molar-refractivity contribution in [3.63, 3.8) is 0 Å². The van der Waals surface area contributed by atoms with Crippen molar-refractivity contribution < 1.29 is 13.9 Å². The van der Waals surface area contributed by atoms with Crippen LogP contribution < -0.4 is 15.4 Å². The summed E-state index contributed by atoms with van der Waals surface area (Å²) in [5, 5.41) is 5.91. The molecule has 3 rings (SSSR count). The van der Waals surface area contributed by atoms with Crippen LogP contribution in [0, 0.1) is 5.82 Å². The zero-order valence-corrected chi connectivity index (χ0v) is 11.5. The zero-order chi connectivity index (χ0) is 14.8. The van der Waals surface area contributed by atoms with Crippen molar-refractivity contribution in [2.24, 2.45) is 0 Å². The maximum Gasteiger partial charge on any atom is 0.265 e. The van der Waals surface area contributed by atoms with Crippen molar-refractivity contribution in [3.05, 3.63) is 53.8 Å². The van der Waals surface area contributed by atoms with Crippen molar-refractivity contribution >= 4 is 17.3 Å². The molecule has 108 valence electrons. The molecular weight excluding hydrogens is 271 g/mol. The van der Waals surface area contributed by atoms with Crippen LogP contribution in [0.4, 0.5) is 15.8 Å². The molecule has 0 saturated heterocycles. The average molecular weight is 286 g/mol. The highest BCUT2D eigenvalue weighted by atomic mass is 19.1. The summed E-state index contributed by atoms with van der Waals surface area (Å²) >= 11 is 0. The molecular formula is C16H15FN2O2. The van der Waals surface area contributed by atoms with Crippen LogP contribution in [0.15, 0.2) is 42.5 Å². The SMILES string of the molecule is CC1Oc2ccc(NCc3ccccc3F)cc2NC1=O. The summed E-state index contributed by atoms with van der Waals surface area (Å²) in [5.74, 6) is 0.223. The standard InChI is InChI=1S/C16H15FN2O2/c1-10-16(20)19-14-8-12(6-7-15(14)21-10)18-9-11-4-2-3-5-13(11)17/h2-8,10,18H,9H2,1H3,(H,19,20). The highest BCUT2D eigenvalue weighted by Gasteiger charge is 2.23. The fourth-order valence-corrected chi connectivity index (χ4v) is 2.16. The van der Waals surface area contributed by atoms with Gasteiger partial charge in [0.05, 0.1) is 5.69 Å². The van der Waals surface area contributed by atoms with Gasteiger partial charge in [-0.25, -0.2) is 4.39 Å². The van der Waals surface area contributed by atoms with Gasteiger partial charge in [-0.2, -0.15) is 0 Å². The molecule has 1 aliphatic heterocycles. The van der Waals surface area contributed by atoms with Gasteiger partial charge in [0.15, 0.2) is 6.10 Å². The van der Waals surface area contributed by atoms with E-state index in [0.717, 1.165) is 5.69 Å². The summed E-state index contributed by atoms with van der Waals surface area (Å²) in [4.78, 5) is 11.6. The lowest BCUT2D eigenvalue weighted by molar-refractivity contribution is -0.122. The third-order valence-electron chi connectivity index (χ3n) is 3.35. The van der Waals surface area contributed by atoms with E-state index < -0.39 is 6.10 Å². The molecule has 1 heterocycles. The maximum atomic E-state index is 13.5. The molecule has 0 aliphatic carbocycles. The first-order chi connectivity index (χ1) is 10.1. The number of benzene rings is 2. The summed E-state index contributed by atoms with van der Waals surface area (Å²) in [6.07, 6.45) is -0.491. The Morgan fingerprint density at radius 3 is 2.90 bits per heavy atom. The summed E-state index contributed by atoms with van der Waals surface area (Å²) in [7, 11) is 0. The minimum Gasteiger partial charge on any atom is -0.479 e. The molecule has 1 atom stereocenters. The van der Waals surface area contributed by atoms with E-state index >= 15 is 0 Å². The van der Waals surface area contributed by atoms with E-state index in [1.54, 1.807) is 37.3 Å². The molecule has 1 unspecified atom stereocenters. The largest absolute Gasteiger partial charge is 0.479 e. The second kappa shape index (κ2) is 5.44. The van der Waals surface area contributed by atoms with Gasteiger partial charge >= 0.3 is 0 Å². The van der Waals surface area contributed by atoms with Crippen LogP contribution in [0.5, 0.6) is 5.75 Å². The van der Waals surface area contributed by atoms with E-state index in [9.17, 15) is 9.18 Å². The van der Waals surface area contributed by atoms with Crippen molar-refractivity contribution in [1.29, 1.82) is 0 Å². The Balaban J connectivity index is 1.74. The Morgan fingerprint density at radius 2 is 2.10 bits per heavy atom. The minimum atomic E-state index is -0.491. The summed E-state index contributed by atoms with van der Waals surface area (Å²) in [5.41, 5.74) is 2.00. The van der Waals surface area contributed by atoms with Gasteiger partial charge in [-0.05, 0) is 31.2 Å². The van der Waals surface area contributed by atoms with Gasteiger partial charge in [0.25, 0.3) is 5.91 Å². The van der Waals surface area contributed by atoms with E-state index in [0.29, 0.717) is 23.5 Å². The Kier molecular flexibility index (Phi) is 3.48. The molecule has 0 aromatic heterocycles. The summed E-state index contributed by atoms with van der Waals surface area (Å²) in [6, 6.07) is 12.0. The Bertz CT molecular complexity index is 688. The third kappa shape index (κ3) is 2.81. The van der Waals surface area contributed by atoms with E-state index in [2.05, 4.69) is 10.6 Å². The van der Waals surface area contributed by atoms with Crippen LogP contribution in [0.2, 0.25) is 0 Å². The van der Waals surface area contributed by atoms with E-state index in [-0.39, 0.29) is 11.7 Å². The molecule has 2 N–H and O–H groups in total. The zero-order valence-electron chi connectivity index (χ0n) is 11.5. The molecule has 0 saturated carbocycles. The first kappa shape index (κ1) is 13.4. The summed E-state index contributed by atoms with van der Waals surface area (Å²) < 4.78 is 19.0. The number of rotatable bonds is 3. The quantitative estimate of drug-likeness (QED) is 0.911. The highest BCUT2D eigenvalue weighted by molar-refractivity contribution is 5.98. The monoisotopic (exact) mass is 286 g/mol. The van der Waals surface area contributed by atoms with Crippen LogP contribution in [0.1, 0.15) is 12.5 Å². The molecule has 2 aromatic rings. The smallest absolute Gasteiger partial charge is 0.265 e. The van der Waals surface area contributed by atoms with E-state index in [1.807, 2.05) is 6.07 Å². The highest BCUT2D eigenvalue weighted by Crippen LogP contribution is 2.32. The van der Waals surface area contributed by atoms with Gasteiger partial charge in [0.2, 0.25) is 0 Å². The first-order valence-electron chi connectivity index (χ1n) is 6.72. The average Bonchev–Trinajstić information content (AvgIpc) is 2.48. The second-order valence-corrected chi connectivity index (χ2v) is 4.91. The number of hydrogen-bond acceptors (Lipinski definition) is 3. The van der Waals surface area contributed by atoms with Crippen LogP contribution in [0.3, 0.4) is 0 Å². The Labute approximate surface area is 121 Å². The first-order valence-corrected chi connectivity index (χ1v) is 6.72. The van der Waals surface area contributed by atoms with Gasteiger partial charge < -0.3 is 15.4 Å². The number of halogens is 1. The fourth-order valence-electron chi connectivity index (χ4n) is 2.16. The molecule has 0 spiro atoms. The van der Waals surface area contributed by atoms with Gasteiger partial charge in [-0.1, -0.05) is 18.2 Å². The lowest BCUT2D eigenvalue weighted by atomic mass is 10.2. The lowest BCUT2D eigenvalue weighted by Crippen LogP contribution is -2.34. The fraction of sp³-hybridized carbons (Fsp3) is 0.188. The van der Waals surface area contributed by atoms with Gasteiger partial charge in [0, 0.05) is 17.8 Å². The van der Waals surface area contributed by atoms with Crippen molar-refractivity contribution in [2.75, 3.05) is 10.6 Å². The number of ether oxygens (including phenoxy) is 1. The second-order valence-electron chi connectivity index (χ2n) is 4.91. The van der Waals surface area contributed by atoms with Crippen LogP contribution in [0.25, 0.3) is 0 Å². The number of nitrogens with one attached hydrogen (secondary N) is 2. The number of fused-ring (bicyclic) bond motifs is 1. The third-order valence-corrected chi connectivity index (χ3v) is 3.35. The molecule has 0 radical (unpaired) electrons. The molecule has 4 nitrogen and oxygen atoms in total. The Morgan fingerprint density at radius 1 is 1.29 bits per heavy atom. The normalized spacial score (nSPS) is 16.7. The predicted molar refractivity (Wildman–Crippen MR) is 78.9 cm³/mol. The van der Waals surface area contributed by atoms with E-state index in [4.69, 9.17) is 4.74 Å². The Hall–Kier alpha value is -2.56. The maximum absolute atomic E-state index is 13.5. The van der Waals surface area contributed by atoms with Crippen LogP contribution in [-0.2, 0) is 11.3 Å². The van der Waals surface area contributed by atoms with E-state index in [1.165, 1.54) is 6.07 Å². The molecule has 1 amide bonds. The number of carbonyl (C=O) groups excluding carboxylic acids is 1. The predicted octanol–water partition coefficient (Wildman–Crippen LogP) is 3.16. The molecule has 21 heavy (non-hydrogen) atoms. The van der Waals surface area contributed by atoms with Crippen LogP contribution >= 0.6 is 0 Å². The van der Waals surface area contributed by atoms with Crippen molar-refractivity contribution in [2.45, 2.75) is 19.6 Å². The van der Waals surface area contributed by atoms with Gasteiger partial charge in [0.1, 0.15) is 11.6 Å². The minimum absolute atomic E-state index is 0.172. The van der Waals surface area contributed by atoms with Gasteiger partial charge in [-0.15, -0.1) is 0 Å². The van der Waals surface area contributed by atoms with Crippen LogP contribution in [-0.4, -0.2) is 12.0 Å². The number of hydrogen-bond donors (Lipinski definition) is 2. The van der Waals surface area contributed by atoms with Crippen molar-refractivity contribution in [1.82, 2.24) is 0 Å². The number of carbonyl (C=O) groups is 1. The number of anilines is 2. The molecule has 0 bridgehead atoms. The lowest BCUT2D eigenvalue weighted by Gasteiger charge is -2.23. The molecule has 2 aromatic carbocycles. The molecule has 5 heteroatoms. The van der Waals surface area contributed by atoms with Crippen molar-refractivity contribution in [3.8, 4) is 5.75 Å². The number of amides is 1.